The van der Waals surface area contributed by atoms with Crippen molar-refractivity contribution in [3.05, 3.63) is 12.3 Å². The minimum absolute atomic E-state index is 0.000207. The highest BCUT2D eigenvalue weighted by Crippen LogP contribution is 2.18. The summed E-state index contributed by atoms with van der Waals surface area (Å²) in [5.74, 6) is 0.000207. The standard InChI is InChI=1S/C11H17N3O6S/c1-21(18,19)8-2-3-12-11(14-8)13-6-5-20-7(4-15)10(17)9(6)16/h2-3,6-7,9-10,15-17H,4-5H2,1H3,(H,12,13,14)/t6-,7+,9+,10-/m0/s1. The zero-order chi connectivity index (χ0) is 15.6. The molecule has 1 aliphatic rings. The number of nitrogens with zero attached hydrogens (tertiary/aromatic N) is 2. The summed E-state index contributed by atoms with van der Waals surface area (Å²) in [6.45, 7) is -0.402. The van der Waals surface area contributed by atoms with Crippen LogP contribution in [0.1, 0.15) is 0 Å². The molecule has 1 aromatic heterocycles. The van der Waals surface area contributed by atoms with Gasteiger partial charge in [-0.3, -0.25) is 0 Å². The van der Waals surface area contributed by atoms with Crippen molar-refractivity contribution in [2.45, 2.75) is 29.4 Å². The molecule has 118 valence electrons. The van der Waals surface area contributed by atoms with E-state index < -0.39 is 40.8 Å². The van der Waals surface area contributed by atoms with Crippen molar-refractivity contribution in [2.24, 2.45) is 0 Å². The quantitative estimate of drug-likeness (QED) is 0.454. The zero-order valence-electron chi connectivity index (χ0n) is 11.2. The van der Waals surface area contributed by atoms with E-state index in [1.807, 2.05) is 0 Å². The van der Waals surface area contributed by atoms with Crippen molar-refractivity contribution in [1.82, 2.24) is 9.97 Å². The van der Waals surface area contributed by atoms with Crippen LogP contribution in [0.3, 0.4) is 0 Å². The number of aromatic nitrogens is 2. The average Bonchev–Trinajstić information content (AvgIpc) is 2.44. The van der Waals surface area contributed by atoms with Crippen LogP contribution in [0.25, 0.3) is 0 Å². The molecule has 0 radical (unpaired) electrons. The van der Waals surface area contributed by atoms with Crippen molar-refractivity contribution >= 4 is 15.8 Å². The minimum atomic E-state index is -3.47. The van der Waals surface area contributed by atoms with Crippen LogP contribution in [-0.4, -0.2) is 77.5 Å². The number of aliphatic hydroxyl groups is 3. The SMILES string of the molecule is CS(=O)(=O)c1ccnc(N[C@H]2CO[C@H](CO)[C@H](O)[C@@H]2O)n1. The van der Waals surface area contributed by atoms with Crippen LogP contribution >= 0.6 is 0 Å². The number of ether oxygens (including phenoxy) is 1. The summed E-state index contributed by atoms with van der Waals surface area (Å²) in [4.78, 5) is 7.69. The average molecular weight is 319 g/mol. The maximum Gasteiger partial charge on any atom is 0.224 e. The van der Waals surface area contributed by atoms with Gasteiger partial charge in [0.15, 0.2) is 14.9 Å². The van der Waals surface area contributed by atoms with Crippen LogP contribution in [-0.2, 0) is 14.6 Å². The van der Waals surface area contributed by atoms with E-state index in [0.717, 1.165) is 6.26 Å². The molecule has 0 unspecified atom stereocenters. The molecular weight excluding hydrogens is 302 g/mol. The molecule has 21 heavy (non-hydrogen) atoms. The summed E-state index contributed by atoms with van der Waals surface area (Å²) in [7, 11) is -3.47. The molecule has 0 saturated carbocycles. The van der Waals surface area contributed by atoms with Gasteiger partial charge in [0.2, 0.25) is 5.95 Å². The summed E-state index contributed by atoms with van der Waals surface area (Å²) >= 11 is 0. The summed E-state index contributed by atoms with van der Waals surface area (Å²) in [5.41, 5.74) is 0. The Morgan fingerprint density at radius 1 is 1.43 bits per heavy atom. The number of rotatable bonds is 4. The van der Waals surface area contributed by atoms with Gasteiger partial charge >= 0.3 is 0 Å². The first kappa shape index (κ1) is 16.0. The Hall–Kier alpha value is -1.33. The monoisotopic (exact) mass is 319 g/mol. The molecule has 1 aromatic rings. The number of hydrogen-bond acceptors (Lipinski definition) is 9. The Morgan fingerprint density at radius 3 is 2.76 bits per heavy atom. The topological polar surface area (TPSA) is 142 Å². The van der Waals surface area contributed by atoms with Crippen LogP contribution in [0, 0.1) is 0 Å². The lowest BCUT2D eigenvalue weighted by atomic mass is 9.98. The normalized spacial score (nSPS) is 30.1. The van der Waals surface area contributed by atoms with Crippen LogP contribution in [0.4, 0.5) is 5.95 Å². The fourth-order valence-corrected chi connectivity index (χ4v) is 2.51. The Kier molecular flexibility index (Phi) is 4.74. The Labute approximate surface area is 121 Å². The highest BCUT2D eigenvalue weighted by atomic mass is 32.2. The van der Waals surface area contributed by atoms with Crippen molar-refractivity contribution in [1.29, 1.82) is 0 Å². The molecule has 10 heteroatoms. The largest absolute Gasteiger partial charge is 0.394 e. The summed E-state index contributed by atoms with van der Waals surface area (Å²) in [6, 6.07) is 0.530. The first-order chi connectivity index (χ1) is 9.82. The predicted molar refractivity (Wildman–Crippen MR) is 71.4 cm³/mol. The van der Waals surface area contributed by atoms with Gasteiger partial charge in [0.25, 0.3) is 0 Å². The Balaban J connectivity index is 2.12. The summed E-state index contributed by atoms with van der Waals surface area (Å²) < 4.78 is 28.0. The van der Waals surface area contributed by atoms with Crippen molar-refractivity contribution in [3.8, 4) is 0 Å². The summed E-state index contributed by atoms with van der Waals surface area (Å²) in [6.07, 6.45) is -1.04. The van der Waals surface area contributed by atoms with Crippen LogP contribution in [0.15, 0.2) is 17.3 Å². The fraction of sp³-hybridized carbons (Fsp3) is 0.636. The number of hydrogen-bond donors (Lipinski definition) is 4. The molecule has 0 bridgehead atoms. The van der Waals surface area contributed by atoms with Crippen molar-refractivity contribution < 1.29 is 28.5 Å². The maximum absolute atomic E-state index is 11.4. The van der Waals surface area contributed by atoms with E-state index in [2.05, 4.69) is 15.3 Å². The number of aliphatic hydroxyl groups excluding tert-OH is 3. The molecule has 1 fully saturated rings. The molecule has 1 aliphatic heterocycles. The van der Waals surface area contributed by atoms with Crippen LogP contribution < -0.4 is 5.32 Å². The molecule has 2 heterocycles. The van der Waals surface area contributed by atoms with E-state index in [0.29, 0.717) is 0 Å². The van der Waals surface area contributed by atoms with Gasteiger partial charge in [-0.2, -0.15) is 0 Å². The van der Waals surface area contributed by atoms with E-state index in [1.165, 1.54) is 12.3 Å². The van der Waals surface area contributed by atoms with Gasteiger partial charge in [0, 0.05) is 12.5 Å². The van der Waals surface area contributed by atoms with Crippen LogP contribution in [0.2, 0.25) is 0 Å². The molecule has 4 atom stereocenters. The molecule has 9 nitrogen and oxygen atoms in total. The highest BCUT2D eigenvalue weighted by Gasteiger charge is 2.38. The van der Waals surface area contributed by atoms with Gasteiger partial charge in [-0.15, -0.1) is 0 Å². The van der Waals surface area contributed by atoms with Crippen molar-refractivity contribution in [3.63, 3.8) is 0 Å². The lowest BCUT2D eigenvalue weighted by Gasteiger charge is -2.37. The molecule has 0 aromatic carbocycles. The third kappa shape index (κ3) is 3.66. The number of sulfone groups is 1. The van der Waals surface area contributed by atoms with Gasteiger partial charge < -0.3 is 25.4 Å². The first-order valence-corrected chi connectivity index (χ1v) is 8.10. The van der Waals surface area contributed by atoms with Gasteiger partial charge in [0.05, 0.1) is 19.3 Å². The molecule has 0 spiro atoms. The third-order valence-electron chi connectivity index (χ3n) is 3.14. The second kappa shape index (κ2) is 6.20. The molecule has 4 N–H and O–H groups in total. The Morgan fingerprint density at radius 2 is 2.14 bits per heavy atom. The maximum atomic E-state index is 11.4. The van der Waals surface area contributed by atoms with E-state index in [4.69, 9.17) is 9.84 Å². The van der Waals surface area contributed by atoms with E-state index >= 15 is 0 Å². The predicted octanol–water partition coefficient (Wildman–Crippen LogP) is -2.23. The molecular formula is C11H17N3O6S. The van der Waals surface area contributed by atoms with Gasteiger partial charge in [-0.05, 0) is 6.07 Å². The molecule has 2 rings (SSSR count). The lowest BCUT2D eigenvalue weighted by Crippen LogP contribution is -2.56. The third-order valence-corrected chi connectivity index (χ3v) is 4.12. The van der Waals surface area contributed by atoms with Gasteiger partial charge in [-0.1, -0.05) is 0 Å². The zero-order valence-corrected chi connectivity index (χ0v) is 12.1. The number of anilines is 1. The minimum Gasteiger partial charge on any atom is -0.394 e. The smallest absolute Gasteiger partial charge is 0.224 e. The second-order valence-electron chi connectivity index (χ2n) is 4.78. The van der Waals surface area contributed by atoms with E-state index in [9.17, 15) is 18.6 Å². The van der Waals surface area contributed by atoms with Gasteiger partial charge in [0.1, 0.15) is 18.3 Å². The van der Waals surface area contributed by atoms with Crippen molar-refractivity contribution in [2.75, 3.05) is 24.8 Å². The van der Waals surface area contributed by atoms with Crippen LogP contribution in [0.5, 0.6) is 0 Å². The number of nitrogens with one attached hydrogen (secondary N) is 1. The first-order valence-electron chi connectivity index (χ1n) is 6.21. The second-order valence-corrected chi connectivity index (χ2v) is 6.74. The van der Waals surface area contributed by atoms with E-state index in [1.54, 1.807) is 0 Å². The van der Waals surface area contributed by atoms with E-state index in [-0.39, 0.29) is 17.6 Å². The highest BCUT2D eigenvalue weighted by molar-refractivity contribution is 7.90. The molecule has 0 amide bonds. The lowest BCUT2D eigenvalue weighted by molar-refractivity contribution is -0.152. The fourth-order valence-electron chi connectivity index (χ4n) is 1.95. The summed E-state index contributed by atoms with van der Waals surface area (Å²) in [5, 5.41) is 31.2. The molecule has 0 aliphatic carbocycles. The molecule has 1 saturated heterocycles. The Bertz CT molecular complexity index is 595. The van der Waals surface area contributed by atoms with Gasteiger partial charge in [-0.25, -0.2) is 18.4 Å².